The van der Waals surface area contributed by atoms with Gasteiger partial charge in [0.25, 0.3) is 0 Å². The van der Waals surface area contributed by atoms with Crippen molar-refractivity contribution < 1.29 is 54.2 Å². The normalized spacial score (nSPS) is 18.8. The molecule has 2 unspecified atom stereocenters. The molecule has 2 heterocycles. The number of hydrogen-bond acceptors (Lipinski definition) is 6. The number of benzene rings is 3. The topological polar surface area (TPSA) is 67.9 Å². The van der Waals surface area contributed by atoms with Crippen molar-refractivity contribution in [1.82, 2.24) is 4.90 Å². The molecule has 1 saturated heterocycles. The molecule has 0 bridgehead atoms. The first kappa shape index (κ1) is 30.3. The number of nitrogens with zero attached hydrogens (tertiary/aromatic N) is 1. The van der Waals surface area contributed by atoms with E-state index < -0.39 is 77.8 Å². The Labute approximate surface area is 239 Å². The van der Waals surface area contributed by atoms with Crippen LogP contribution in [0.15, 0.2) is 60.7 Å². The smallest absolute Gasteiger partial charge is 0.462 e. The van der Waals surface area contributed by atoms with Crippen LogP contribution in [0.25, 0.3) is 0 Å². The lowest BCUT2D eigenvalue weighted by molar-refractivity contribution is -0.274. The van der Waals surface area contributed by atoms with Crippen molar-refractivity contribution >= 4 is 17.4 Å². The summed E-state index contributed by atoms with van der Waals surface area (Å²) in [6.07, 6.45) is -9.90. The summed E-state index contributed by atoms with van der Waals surface area (Å²) >= 11 is 0. The Morgan fingerprint density at radius 1 is 0.977 bits per heavy atom. The number of likely N-dealkylation sites (tertiary alicyclic amines) is 1. The number of anilines is 1. The lowest BCUT2D eigenvalue weighted by Crippen LogP contribution is -2.72. The van der Waals surface area contributed by atoms with Gasteiger partial charge in [-0.25, -0.2) is 13.6 Å². The number of hydrogen-bond donors (Lipinski definition) is 1. The van der Waals surface area contributed by atoms with Gasteiger partial charge in [0.1, 0.15) is 11.8 Å². The Hall–Kier alpha value is -4.20. The maximum atomic E-state index is 14.3. The Kier molecular flexibility index (Phi) is 7.61. The molecule has 5 rings (SSSR count). The van der Waals surface area contributed by atoms with E-state index in [2.05, 4.69) is 10.1 Å². The number of carbonyl (C=O) groups is 2. The number of nitrogens with one attached hydrogen (secondary N) is 1. The van der Waals surface area contributed by atoms with E-state index in [0.29, 0.717) is 12.1 Å². The second-order valence-corrected chi connectivity index (χ2v) is 10.2. The number of rotatable bonds is 6. The summed E-state index contributed by atoms with van der Waals surface area (Å²) in [4.78, 5) is 27.1. The van der Waals surface area contributed by atoms with Crippen LogP contribution in [-0.2, 0) is 4.74 Å². The Morgan fingerprint density at radius 3 is 2.23 bits per heavy atom. The highest BCUT2D eigenvalue weighted by molar-refractivity contribution is 6.09. The van der Waals surface area contributed by atoms with E-state index in [1.807, 2.05) is 0 Å². The molecule has 0 amide bonds. The predicted molar refractivity (Wildman–Crippen MR) is 136 cm³/mol. The molecular formula is C29H22F8N2O4. The number of esters is 1. The molecule has 0 saturated carbocycles. The molecule has 1 N–H and O–H groups in total. The maximum Gasteiger partial charge on any atom is 0.573 e. The highest BCUT2D eigenvalue weighted by Gasteiger charge is 2.60. The monoisotopic (exact) mass is 614 g/mol. The van der Waals surface area contributed by atoms with Crippen molar-refractivity contribution in [3.8, 4) is 5.75 Å². The summed E-state index contributed by atoms with van der Waals surface area (Å²) < 4.78 is 117. The summed E-state index contributed by atoms with van der Waals surface area (Å²) in [5, 5.41) is 3.10. The van der Waals surface area contributed by atoms with Crippen molar-refractivity contribution in [3.05, 3.63) is 94.6 Å². The second-order valence-electron chi connectivity index (χ2n) is 10.2. The largest absolute Gasteiger partial charge is 0.573 e. The van der Waals surface area contributed by atoms with Gasteiger partial charge in [-0.3, -0.25) is 9.69 Å². The first-order chi connectivity index (χ1) is 20.1. The zero-order valence-corrected chi connectivity index (χ0v) is 22.2. The van der Waals surface area contributed by atoms with E-state index in [-0.39, 0.29) is 29.0 Å². The molecule has 1 spiro atoms. The minimum Gasteiger partial charge on any atom is -0.462 e. The van der Waals surface area contributed by atoms with Crippen molar-refractivity contribution in [3.63, 3.8) is 0 Å². The van der Waals surface area contributed by atoms with Gasteiger partial charge in [0.05, 0.1) is 23.6 Å². The van der Waals surface area contributed by atoms with Gasteiger partial charge in [0, 0.05) is 24.3 Å². The molecule has 43 heavy (non-hydrogen) atoms. The standard InChI is InChI=1S/C29H22F8N2O4/c1-2-42-26(41)17-5-9-19-22(12-17)38-27(23(24(19)40)15-3-7-18(8-4-15)43-29(35,36)37)13-39(14-27)25(28(32,33)34)16-6-10-20(30)21(31)11-16/h3-12,23,25,38H,2,13-14H2,1H3. The quantitative estimate of drug-likeness (QED) is 0.244. The van der Waals surface area contributed by atoms with Crippen molar-refractivity contribution in [1.29, 1.82) is 0 Å². The summed E-state index contributed by atoms with van der Waals surface area (Å²) in [6.45, 7) is 0.794. The Morgan fingerprint density at radius 2 is 1.65 bits per heavy atom. The summed E-state index contributed by atoms with van der Waals surface area (Å²) in [6, 6.07) is 7.93. The fraction of sp³-hybridized carbons (Fsp3) is 0.310. The summed E-state index contributed by atoms with van der Waals surface area (Å²) in [5.74, 6) is -5.77. The molecule has 1 fully saturated rings. The molecule has 3 aromatic rings. The van der Waals surface area contributed by atoms with Crippen LogP contribution in [0.3, 0.4) is 0 Å². The van der Waals surface area contributed by atoms with Crippen LogP contribution in [0.5, 0.6) is 5.75 Å². The average Bonchev–Trinajstić information content (AvgIpc) is 2.89. The Bertz CT molecular complexity index is 1550. The number of Topliss-reactive ketones (excluding diaryl/α,β-unsaturated/α-hetero) is 1. The lowest BCUT2D eigenvalue weighted by atomic mass is 9.67. The zero-order valence-electron chi connectivity index (χ0n) is 22.2. The highest BCUT2D eigenvalue weighted by Crippen LogP contribution is 2.51. The van der Waals surface area contributed by atoms with Crippen molar-refractivity contribution in [2.75, 3.05) is 25.0 Å². The van der Waals surface area contributed by atoms with Crippen LogP contribution in [0, 0.1) is 11.6 Å². The van der Waals surface area contributed by atoms with Crippen LogP contribution in [0.4, 0.5) is 40.8 Å². The van der Waals surface area contributed by atoms with E-state index in [9.17, 15) is 44.7 Å². The first-order valence-electron chi connectivity index (χ1n) is 12.9. The molecule has 2 atom stereocenters. The van der Waals surface area contributed by atoms with E-state index in [1.165, 1.54) is 30.3 Å². The minimum atomic E-state index is -4.97. The van der Waals surface area contributed by atoms with Crippen LogP contribution in [0.2, 0.25) is 0 Å². The molecule has 2 aliphatic heterocycles. The molecule has 0 radical (unpaired) electrons. The molecule has 0 aromatic heterocycles. The first-order valence-corrected chi connectivity index (χ1v) is 12.9. The van der Waals surface area contributed by atoms with Gasteiger partial charge >= 0.3 is 18.5 Å². The van der Waals surface area contributed by atoms with Crippen molar-refractivity contribution in [2.45, 2.75) is 37.0 Å². The van der Waals surface area contributed by atoms with E-state index >= 15 is 0 Å². The molecule has 14 heteroatoms. The van der Waals surface area contributed by atoms with Crippen molar-refractivity contribution in [2.24, 2.45) is 0 Å². The van der Waals surface area contributed by atoms with E-state index in [0.717, 1.165) is 23.1 Å². The Balaban J connectivity index is 1.54. The molecule has 3 aromatic carbocycles. The van der Waals surface area contributed by atoms with Gasteiger partial charge < -0.3 is 14.8 Å². The number of halogens is 8. The minimum absolute atomic E-state index is 0.0696. The third-order valence-electron chi connectivity index (χ3n) is 7.35. The van der Waals surface area contributed by atoms with Gasteiger partial charge in [0.2, 0.25) is 0 Å². The number of ether oxygens (including phenoxy) is 2. The third-order valence-corrected chi connectivity index (χ3v) is 7.35. The fourth-order valence-corrected chi connectivity index (χ4v) is 5.70. The lowest BCUT2D eigenvalue weighted by Gasteiger charge is -2.58. The summed E-state index contributed by atoms with van der Waals surface area (Å²) in [5.41, 5.74) is -1.45. The van der Waals surface area contributed by atoms with Gasteiger partial charge in [-0.15, -0.1) is 13.2 Å². The molecule has 2 aliphatic rings. The second kappa shape index (κ2) is 10.8. The molecule has 6 nitrogen and oxygen atoms in total. The molecule has 228 valence electrons. The summed E-state index contributed by atoms with van der Waals surface area (Å²) in [7, 11) is 0. The van der Waals surface area contributed by atoms with Gasteiger partial charge in [-0.1, -0.05) is 18.2 Å². The van der Waals surface area contributed by atoms with Gasteiger partial charge in [-0.2, -0.15) is 13.2 Å². The number of ketones is 1. The fourth-order valence-electron chi connectivity index (χ4n) is 5.70. The van der Waals surface area contributed by atoms with Crippen LogP contribution < -0.4 is 10.1 Å². The van der Waals surface area contributed by atoms with Gasteiger partial charge in [-0.05, 0) is 60.5 Å². The van der Waals surface area contributed by atoms with Crippen LogP contribution in [-0.4, -0.2) is 54.4 Å². The van der Waals surface area contributed by atoms with Crippen LogP contribution in [0.1, 0.15) is 50.7 Å². The van der Waals surface area contributed by atoms with Crippen LogP contribution >= 0.6 is 0 Å². The van der Waals surface area contributed by atoms with E-state index in [4.69, 9.17) is 4.74 Å². The highest BCUT2D eigenvalue weighted by atomic mass is 19.4. The average molecular weight is 614 g/mol. The number of fused-ring (bicyclic) bond motifs is 1. The number of alkyl halides is 6. The predicted octanol–water partition coefficient (Wildman–Crippen LogP) is 6.79. The van der Waals surface area contributed by atoms with Gasteiger partial charge in [0.15, 0.2) is 17.4 Å². The molecular weight excluding hydrogens is 592 g/mol. The third kappa shape index (κ3) is 5.88. The molecule has 0 aliphatic carbocycles. The van der Waals surface area contributed by atoms with E-state index in [1.54, 1.807) is 6.92 Å². The zero-order chi connectivity index (χ0) is 31.3. The maximum absolute atomic E-state index is 14.3. The number of carbonyl (C=O) groups excluding carboxylic acids is 2. The SMILES string of the molecule is CCOC(=O)c1ccc2c(c1)NC1(CN(C(c3ccc(F)c(F)c3)C(F)(F)F)C1)C(c1ccc(OC(F)(F)F)cc1)C2=O.